The fourth-order valence-electron chi connectivity index (χ4n) is 4.43. The van der Waals surface area contributed by atoms with Crippen molar-refractivity contribution in [1.82, 2.24) is 36.5 Å². The molecule has 188 valence electrons. The van der Waals surface area contributed by atoms with Crippen molar-refractivity contribution in [1.29, 1.82) is 0 Å². The number of ether oxygens (including phenoxy) is 2. The Morgan fingerprint density at radius 3 is 2.67 bits per heavy atom. The van der Waals surface area contributed by atoms with Crippen LogP contribution in [0.3, 0.4) is 0 Å². The molecule has 0 radical (unpaired) electrons. The van der Waals surface area contributed by atoms with Crippen LogP contribution in [0.2, 0.25) is 5.02 Å². The molecular formula is C25H29ClN8O2. The predicted molar refractivity (Wildman–Crippen MR) is 141 cm³/mol. The van der Waals surface area contributed by atoms with Gasteiger partial charge in [-0.15, -0.1) is 0 Å². The van der Waals surface area contributed by atoms with Gasteiger partial charge in [-0.05, 0) is 38.1 Å². The van der Waals surface area contributed by atoms with Crippen molar-refractivity contribution in [3.63, 3.8) is 0 Å². The third kappa shape index (κ3) is 4.81. The van der Waals surface area contributed by atoms with Crippen molar-refractivity contribution in [3.05, 3.63) is 65.1 Å². The first kappa shape index (κ1) is 24.3. The molecule has 5 rings (SSSR count). The van der Waals surface area contributed by atoms with Gasteiger partial charge in [0.1, 0.15) is 29.8 Å². The number of fused-ring (bicyclic) bond motifs is 1. The Morgan fingerprint density at radius 1 is 1.06 bits per heavy atom. The van der Waals surface area contributed by atoms with Crippen molar-refractivity contribution in [2.45, 2.75) is 26.6 Å². The van der Waals surface area contributed by atoms with Crippen LogP contribution in [0.25, 0.3) is 22.2 Å². The highest BCUT2D eigenvalue weighted by Gasteiger charge is 2.20. The lowest BCUT2D eigenvalue weighted by atomic mass is 10.1. The van der Waals surface area contributed by atoms with Gasteiger partial charge in [-0.1, -0.05) is 23.7 Å². The molecule has 2 aromatic carbocycles. The maximum absolute atomic E-state index is 6.53. The van der Waals surface area contributed by atoms with Gasteiger partial charge < -0.3 is 19.4 Å². The van der Waals surface area contributed by atoms with E-state index < -0.39 is 0 Å². The Balaban J connectivity index is 1.33. The number of hydrazine groups is 3. The van der Waals surface area contributed by atoms with Gasteiger partial charge in [-0.3, -0.25) is 0 Å². The summed E-state index contributed by atoms with van der Waals surface area (Å²) in [6, 6.07) is 13.9. The van der Waals surface area contributed by atoms with Gasteiger partial charge >= 0.3 is 0 Å². The standard InChI is InChI=1S/C25H29ClN8O2/c1-4-36-22-12-16(5-6-17(22)25-30-32-33-31-25)20-13-23(29-14-28-20)27-9-10-34-15(2)11-18-21(35-3)8-7-19(26)24(18)34/h5-8,11-14,25,30-33H,4,9-10H2,1-3H3,(H,27,28,29). The molecule has 11 heteroatoms. The molecule has 0 saturated carbocycles. The molecule has 1 saturated heterocycles. The summed E-state index contributed by atoms with van der Waals surface area (Å²) in [6.45, 7) is 5.98. The van der Waals surface area contributed by atoms with Gasteiger partial charge in [0.05, 0.1) is 29.9 Å². The third-order valence-corrected chi connectivity index (χ3v) is 6.43. The number of rotatable bonds is 9. The molecule has 0 amide bonds. The number of aryl methyl sites for hydroxylation is 1. The smallest absolute Gasteiger partial charge is 0.130 e. The monoisotopic (exact) mass is 508 g/mol. The molecule has 0 unspecified atom stereocenters. The molecule has 2 aromatic heterocycles. The lowest BCUT2D eigenvalue weighted by Crippen LogP contribution is -2.33. The predicted octanol–water partition coefficient (Wildman–Crippen LogP) is 3.70. The first-order valence-corrected chi connectivity index (χ1v) is 12.1. The van der Waals surface area contributed by atoms with E-state index in [2.05, 4.69) is 54.8 Å². The van der Waals surface area contributed by atoms with Gasteiger partial charge in [-0.2, -0.15) is 11.1 Å². The molecule has 1 fully saturated rings. The van der Waals surface area contributed by atoms with E-state index in [1.165, 1.54) is 0 Å². The van der Waals surface area contributed by atoms with Gasteiger partial charge in [0.25, 0.3) is 0 Å². The summed E-state index contributed by atoms with van der Waals surface area (Å²) in [5.41, 5.74) is 16.7. The molecule has 0 atom stereocenters. The van der Waals surface area contributed by atoms with Crippen LogP contribution in [-0.4, -0.2) is 34.8 Å². The fourth-order valence-corrected chi connectivity index (χ4v) is 4.70. The van der Waals surface area contributed by atoms with E-state index >= 15 is 0 Å². The van der Waals surface area contributed by atoms with Crippen molar-refractivity contribution >= 4 is 28.3 Å². The highest BCUT2D eigenvalue weighted by atomic mass is 35.5. The minimum atomic E-state index is -0.120. The van der Waals surface area contributed by atoms with Crippen LogP contribution in [0.1, 0.15) is 24.3 Å². The molecule has 0 spiro atoms. The molecular weight excluding hydrogens is 480 g/mol. The average Bonchev–Trinajstić information content (AvgIpc) is 3.54. The molecule has 0 bridgehead atoms. The Labute approximate surface area is 214 Å². The van der Waals surface area contributed by atoms with Gasteiger partial charge in [0.15, 0.2) is 0 Å². The second kappa shape index (κ2) is 10.7. The molecule has 1 aliphatic rings. The largest absolute Gasteiger partial charge is 0.496 e. The molecule has 1 aliphatic heterocycles. The van der Waals surface area contributed by atoms with Crippen LogP contribution in [0.5, 0.6) is 11.5 Å². The average molecular weight is 509 g/mol. The summed E-state index contributed by atoms with van der Waals surface area (Å²) in [4.78, 5) is 8.89. The van der Waals surface area contributed by atoms with Gasteiger partial charge in [0.2, 0.25) is 0 Å². The van der Waals surface area contributed by atoms with Crippen LogP contribution in [0.15, 0.2) is 48.8 Å². The summed E-state index contributed by atoms with van der Waals surface area (Å²) in [5.74, 6) is 2.34. The summed E-state index contributed by atoms with van der Waals surface area (Å²) in [6.07, 6.45) is 1.45. The van der Waals surface area contributed by atoms with Crippen molar-refractivity contribution in [2.75, 3.05) is 25.6 Å². The lowest BCUT2D eigenvalue weighted by Gasteiger charge is -2.16. The van der Waals surface area contributed by atoms with Gasteiger partial charge in [-0.25, -0.2) is 20.8 Å². The number of aromatic nitrogens is 3. The Kier molecular flexibility index (Phi) is 7.21. The minimum Gasteiger partial charge on any atom is -0.496 e. The summed E-state index contributed by atoms with van der Waals surface area (Å²) >= 11 is 6.53. The number of benzene rings is 2. The number of hydrogen-bond donors (Lipinski definition) is 5. The summed E-state index contributed by atoms with van der Waals surface area (Å²) in [7, 11) is 1.67. The molecule has 36 heavy (non-hydrogen) atoms. The molecule has 4 aromatic rings. The van der Waals surface area contributed by atoms with E-state index in [1.54, 1.807) is 13.4 Å². The second-order valence-electron chi connectivity index (χ2n) is 8.32. The van der Waals surface area contributed by atoms with E-state index in [4.69, 9.17) is 21.1 Å². The number of halogens is 1. The van der Waals surface area contributed by atoms with E-state index in [1.807, 2.05) is 43.3 Å². The molecule has 10 nitrogen and oxygen atoms in total. The van der Waals surface area contributed by atoms with Crippen LogP contribution < -0.4 is 36.7 Å². The normalized spacial score (nSPS) is 13.9. The van der Waals surface area contributed by atoms with Crippen molar-refractivity contribution < 1.29 is 9.47 Å². The third-order valence-electron chi connectivity index (χ3n) is 6.12. The number of anilines is 1. The fraction of sp³-hybridized carbons (Fsp3) is 0.280. The number of nitrogens with zero attached hydrogens (tertiary/aromatic N) is 3. The first-order valence-electron chi connectivity index (χ1n) is 11.8. The lowest BCUT2D eigenvalue weighted by molar-refractivity contribution is 0.331. The zero-order valence-electron chi connectivity index (χ0n) is 20.4. The molecule has 5 N–H and O–H groups in total. The Hall–Kier alpha value is -3.41. The molecule has 0 aliphatic carbocycles. The molecule has 3 heterocycles. The van der Waals surface area contributed by atoms with Crippen molar-refractivity contribution in [3.8, 4) is 22.8 Å². The Morgan fingerprint density at radius 2 is 1.89 bits per heavy atom. The highest BCUT2D eigenvalue weighted by Crippen LogP contribution is 2.34. The topological polar surface area (TPSA) is 109 Å². The minimum absolute atomic E-state index is 0.120. The van der Waals surface area contributed by atoms with Crippen LogP contribution in [0, 0.1) is 6.92 Å². The number of hydrogen-bond acceptors (Lipinski definition) is 9. The van der Waals surface area contributed by atoms with Crippen LogP contribution >= 0.6 is 11.6 Å². The number of nitrogens with one attached hydrogen (secondary N) is 5. The Bertz CT molecular complexity index is 1370. The van der Waals surface area contributed by atoms with Gasteiger partial charge in [0, 0.05) is 41.4 Å². The zero-order valence-corrected chi connectivity index (χ0v) is 21.1. The van der Waals surface area contributed by atoms with Crippen molar-refractivity contribution in [2.24, 2.45) is 0 Å². The summed E-state index contributed by atoms with van der Waals surface area (Å²) < 4.78 is 13.6. The first-order chi connectivity index (χ1) is 17.6. The van der Waals surface area contributed by atoms with E-state index in [-0.39, 0.29) is 6.17 Å². The van der Waals surface area contributed by atoms with Crippen LogP contribution in [0.4, 0.5) is 5.82 Å². The zero-order chi connectivity index (χ0) is 25.1. The highest BCUT2D eigenvalue weighted by molar-refractivity contribution is 6.35. The van der Waals surface area contributed by atoms with E-state index in [0.717, 1.165) is 50.7 Å². The maximum Gasteiger partial charge on any atom is 0.130 e. The summed E-state index contributed by atoms with van der Waals surface area (Å²) in [5, 5.41) is 5.12. The maximum atomic E-state index is 6.53. The van der Waals surface area contributed by atoms with Crippen LogP contribution in [-0.2, 0) is 6.54 Å². The second-order valence-corrected chi connectivity index (χ2v) is 8.73. The SMILES string of the molecule is CCOc1cc(-c2cc(NCCn3c(C)cc4c(OC)ccc(Cl)c43)ncn2)ccc1C1NNNN1. The quantitative estimate of drug-likeness (QED) is 0.231. The van der Waals surface area contributed by atoms with E-state index in [0.29, 0.717) is 24.7 Å². The van der Waals surface area contributed by atoms with E-state index in [9.17, 15) is 0 Å². The number of methoxy groups -OCH3 is 1.